The summed E-state index contributed by atoms with van der Waals surface area (Å²) in [5.74, 6) is 0.616. The first kappa shape index (κ1) is 22.4. The first-order valence-corrected chi connectivity index (χ1v) is 12.0. The lowest BCUT2D eigenvalue weighted by molar-refractivity contribution is -0.113. The Labute approximate surface area is 198 Å². The van der Waals surface area contributed by atoms with E-state index in [0.29, 0.717) is 37.5 Å². The highest BCUT2D eigenvalue weighted by molar-refractivity contribution is 7.99. The quantitative estimate of drug-likeness (QED) is 0.280. The van der Waals surface area contributed by atoms with Gasteiger partial charge in [0.1, 0.15) is 10.6 Å². The minimum absolute atomic E-state index is 0.101. The summed E-state index contributed by atoms with van der Waals surface area (Å²) in [6.07, 6.45) is 0.828. The van der Waals surface area contributed by atoms with Crippen molar-refractivity contribution in [2.75, 3.05) is 18.2 Å². The molecule has 2 aromatic carbocycles. The van der Waals surface area contributed by atoms with E-state index in [-0.39, 0.29) is 17.2 Å². The Balaban J connectivity index is 1.64. The molecular formula is C23H20ClN3O3S2. The summed E-state index contributed by atoms with van der Waals surface area (Å²) in [4.78, 5) is 32.4. The van der Waals surface area contributed by atoms with Gasteiger partial charge in [-0.2, -0.15) is 0 Å². The van der Waals surface area contributed by atoms with Crippen LogP contribution >= 0.6 is 34.7 Å². The molecule has 1 N–H and O–H groups in total. The summed E-state index contributed by atoms with van der Waals surface area (Å²) in [5, 5.41) is 4.46. The number of anilines is 1. The van der Waals surface area contributed by atoms with Crippen LogP contribution in [-0.2, 0) is 11.2 Å². The molecule has 4 rings (SSSR count). The Morgan fingerprint density at radius 1 is 1.19 bits per heavy atom. The van der Waals surface area contributed by atoms with Crippen molar-refractivity contribution in [1.82, 2.24) is 9.55 Å². The maximum Gasteiger partial charge on any atom is 0.267 e. The molecular weight excluding hydrogens is 466 g/mol. The number of ether oxygens (including phenoxy) is 1. The van der Waals surface area contributed by atoms with Crippen LogP contribution in [0.15, 0.2) is 64.5 Å². The number of halogens is 1. The number of aryl methyl sites for hydroxylation is 1. The van der Waals surface area contributed by atoms with Crippen LogP contribution in [0.5, 0.6) is 5.75 Å². The van der Waals surface area contributed by atoms with Crippen LogP contribution in [0.1, 0.15) is 11.8 Å². The van der Waals surface area contributed by atoms with Gasteiger partial charge in [0.15, 0.2) is 5.16 Å². The summed E-state index contributed by atoms with van der Waals surface area (Å²) in [7, 11) is 1.59. The van der Waals surface area contributed by atoms with Gasteiger partial charge in [-0.25, -0.2) is 4.98 Å². The third-order valence-corrected chi connectivity index (χ3v) is 7.09. The lowest BCUT2D eigenvalue weighted by Crippen LogP contribution is -2.22. The second kappa shape index (κ2) is 9.77. The number of rotatable bonds is 7. The highest BCUT2D eigenvalue weighted by Crippen LogP contribution is 2.27. The fourth-order valence-corrected chi connectivity index (χ4v) is 5.05. The van der Waals surface area contributed by atoms with Gasteiger partial charge in [0.2, 0.25) is 5.91 Å². The number of thioether (sulfide) groups is 1. The predicted octanol–water partition coefficient (Wildman–Crippen LogP) is 5.40. The standard InChI is InChI=1S/C23H20ClN3O3S2/c1-3-18-12-19-21(32-18)26-23(27(22(19)29)16-8-4-14(24)5-9-16)31-13-20(28)25-15-6-10-17(30-2)11-7-15/h4-12H,3,13H2,1-2H3,(H,25,28). The molecule has 0 aliphatic carbocycles. The molecule has 2 heterocycles. The van der Waals surface area contributed by atoms with Gasteiger partial charge in [-0.05, 0) is 61.0 Å². The van der Waals surface area contributed by atoms with Crippen LogP contribution in [-0.4, -0.2) is 28.3 Å². The Morgan fingerprint density at radius 3 is 2.56 bits per heavy atom. The van der Waals surface area contributed by atoms with Crippen molar-refractivity contribution >= 4 is 56.5 Å². The maximum atomic E-state index is 13.3. The Kier molecular flexibility index (Phi) is 6.83. The van der Waals surface area contributed by atoms with E-state index in [4.69, 9.17) is 21.3 Å². The summed E-state index contributed by atoms with van der Waals surface area (Å²) < 4.78 is 6.67. The second-order valence-corrected chi connectivity index (χ2v) is 9.36. The van der Waals surface area contributed by atoms with Crippen molar-refractivity contribution in [3.05, 3.63) is 74.9 Å². The molecule has 0 atom stereocenters. The molecule has 0 spiro atoms. The fraction of sp³-hybridized carbons (Fsp3) is 0.174. The Morgan fingerprint density at radius 2 is 1.91 bits per heavy atom. The fourth-order valence-electron chi connectivity index (χ4n) is 3.10. The van der Waals surface area contributed by atoms with Crippen molar-refractivity contribution < 1.29 is 9.53 Å². The van der Waals surface area contributed by atoms with Crippen LogP contribution in [0.25, 0.3) is 15.9 Å². The third-order valence-electron chi connectivity index (χ3n) is 4.72. The molecule has 1 amide bonds. The number of thiophene rings is 1. The van der Waals surface area contributed by atoms with E-state index in [0.717, 1.165) is 11.3 Å². The lowest BCUT2D eigenvalue weighted by Gasteiger charge is -2.12. The van der Waals surface area contributed by atoms with Gasteiger partial charge in [-0.1, -0.05) is 30.3 Å². The number of carbonyl (C=O) groups excluding carboxylic acids is 1. The highest BCUT2D eigenvalue weighted by atomic mass is 35.5. The van der Waals surface area contributed by atoms with E-state index in [1.807, 2.05) is 13.0 Å². The molecule has 4 aromatic rings. The summed E-state index contributed by atoms with van der Waals surface area (Å²) in [5.41, 5.74) is 1.16. The van der Waals surface area contributed by atoms with Crippen molar-refractivity contribution in [3.63, 3.8) is 0 Å². The molecule has 0 fully saturated rings. The minimum Gasteiger partial charge on any atom is -0.497 e. The number of fused-ring (bicyclic) bond motifs is 1. The van der Waals surface area contributed by atoms with E-state index in [1.165, 1.54) is 27.7 Å². The smallest absolute Gasteiger partial charge is 0.267 e. The zero-order valence-electron chi connectivity index (χ0n) is 17.4. The molecule has 0 aliphatic heterocycles. The molecule has 164 valence electrons. The number of hydrogen-bond donors (Lipinski definition) is 1. The number of nitrogens with zero attached hydrogens (tertiary/aromatic N) is 2. The number of methoxy groups -OCH3 is 1. The number of benzene rings is 2. The number of nitrogens with one attached hydrogen (secondary N) is 1. The number of carbonyl (C=O) groups is 1. The molecule has 32 heavy (non-hydrogen) atoms. The third kappa shape index (κ3) is 4.82. The first-order valence-electron chi connectivity index (χ1n) is 9.86. The van der Waals surface area contributed by atoms with Gasteiger partial charge in [0.25, 0.3) is 5.56 Å². The monoisotopic (exact) mass is 485 g/mol. The van der Waals surface area contributed by atoms with E-state index >= 15 is 0 Å². The van der Waals surface area contributed by atoms with Gasteiger partial charge >= 0.3 is 0 Å². The first-order chi connectivity index (χ1) is 15.5. The van der Waals surface area contributed by atoms with Gasteiger partial charge in [0.05, 0.1) is 23.9 Å². The van der Waals surface area contributed by atoms with Crippen LogP contribution in [0, 0.1) is 0 Å². The summed E-state index contributed by atoms with van der Waals surface area (Å²) in [6.45, 7) is 2.04. The number of amides is 1. The van der Waals surface area contributed by atoms with Crippen molar-refractivity contribution in [3.8, 4) is 11.4 Å². The van der Waals surface area contributed by atoms with Crippen molar-refractivity contribution in [2.24, 2.45) is 0 Å². The minimum atomic E-state index is -0.197. The topological polar surface area (TPSA) is 73.2 Å². The molecule has 0 radical (unpaired) electrons. The van der Waals surface area contributed by atoms with Crippen LogP contribution in [0.2, 0.25) is 5.02 Å². The lowest BCUT2D eigenvalue weighted by atomic mass is 10.3. The Bertz CT molecular complexity index is 1320. The summed E-state index contributed by atoms with van der Waals surface area (Å²) in [6, 6.07) is 16.0. The number of hydrogen-bond acceptors (Lipinski definition) is 6. The highest BCUT2D eigenvalue weighted by Gasteiger charge is 2.17. The molecule has 0 unspecified atom stereocenters. The van der Waals surface area contributed by atoms with E-state index < -0.39 is 0 Å². The predicted molar refractivity (Wildman–Crippen MR) is 132 cm³/mol. The zero-order valence-corrected chi connectivity index (χ0v) is 19.8. The molecule has 0 aliphatic rings. The molecule has 6 nitrogen and oxygen atoms in total. The second-order valence-electron chi connectivity index (χ2n) is 6.86. The van der Waals surface area contributed by atoms with Crippen LogP contribution in [0.4, 0.5) is 5.69 Å². The molecule has 0 bridgehead atoms. The normalized spacial score (nSPS) is 11.0. The van der Waals surface area contributed by atoms with Gasteiger partial charge in [0, 0.05) is 15.6 Å². The van der Waals surface area contributed by atoms with Crippen molar-refractivity contribution in [1.29, 1.82) is 0 Å². The van der Waals surface area contributed by atoms with E-state index in [2.05, 4.69) is 5.32 Å². The van der Waals surface area contributed by atoms with Crippen molar-refractivity contribution in [2.45, 2.75) is 18.5 Å². The van der Waals surface area contributed by atoms with E-state index in [1.54, 1.807) is 55.6 Å². The maximum absolute atomic E-state index is 13.3. The molecule has 2 aromatic heterocycles. The summed E-state index contributed by atoms with van der Waals surface area (Å²) >= 11 is 8.74. The molecule has 0 saturated carbocycles. The van der Waals surface area contributed by atoms with Crippen LogP contribution in [0.3, 0.4) is 0 Å². The molecule has 0 saturated heterocycles. The van der Waals surface area contributed by atoms with E-state index in [9.17, 15) is 9.59 Å². The van der Waals surface area contributed by atoms with Gasteiger partial charge in [-0.15, -0.1) is 11.3 Å². The SMILES string of the molecule is CCc1cc2c(=O)n(-c3ccc(Cl)cc3)c(SCC(=O)Nc3ccc(OC)cc3)nc2s1. The zero-order chi connectivity index (χ0) is 22.7. The average molecular weight is 486 g/mol. The Hall–Kier alpha value is -2.81. The van der Waals surface area contributed by atoms with Gasteiger partial charge in [-0.3, -0.25) is 14.2 Å². The van der Waals surface area contributed by atoms with Gasteiger partial charge < -0.3 is 10.1 Å². The average Bonchev–Trinajstić information content (AvgIpc) is 3.23. The largest absolute Gasteiger partial charge is 0.497 e. The van der Waals surface area contributed by atoms with Crippen LogP contribution < -0.4 is 15.6 Å². The molecule has 9 heteroatoms. The number of aromatic nitrogens is 2.